The molecular weight excluding hydrogens is 444 g/mol. The summed E-state index contributed by atoms with van der Waals surface area (Å²) in [5, 5.41) is 15.3. The molecule has 0 aliphatic carbocycles. The number of hydrogen-bond acceptors (Lipinski definition) is 5. The van der Waals surface area contributed by atoms with Gasteiger partial charge in [-0.2, -0.15) is 0 Å². The van der Waals surface area contributed by atoms with Crippen LogP contribution in [0, 0.1) is 6.92 Å². The van der Waals surface area contributed by atoms with Gasteiger partial charge >= 0.3 is 5.97 Å². The number of carboxylic acids is 1. The predicted octanol–water partition coefficient (Wildman–Crippen LogP) is 3.71. The van der Waals surface area contributed by atoms with Crippen LogP contribution in [-0.2, 0) is 4.79 Å². The minimum Gasteiger partial charge on any atom is -0.478 e. The van der Waals surface area contributed by atoms with Gasteiger partial charge in [-0.1, -0.05) is 35.9 Å². The summed E-state index contributed by atoms with van der Waals surface area (Å²) >= 11 is 0. The van der Waals surface area contributed by atoms with Crippen molar-refractivity contribution < 1.29 is 19.5 Å². The molecule has 8 nitrogen and oxygen atoms in total. The van der Waals surface area contributed by atoms with E-state index in [-0.39, 0.29) is 23.1 Å². The number of benzene rings is 3. The minimum absolute atomic E-state index is 0.0340. The quantitative estimate of drug-likeness (QED) is 0.485. The van der Waals surface area contributed by atoms with Crippen molar-refractivity contribution in [3.63, 3.8) is 0 Å². The van der Waals surface area contributed by atoms with Crippen LogP contribution in [0.4, 0.5) is 17.1 Å². The predicted molar refractivity (Wildman–Crippen MR) is 136 cm³/mol. The van der Waals surface area contributed by atoms with Gasteiger partial charge in [0.25, 0.3) is 5.91 Å². The van der Waals surface area contributed by atoms with Crippen LogP contribution in [0.2, 0.25) is 0 Å². The van der Waals surface area contributed by atoms with Crippen LogP contribution in [0.5, 0.6) is 0 Å². The lowest BCUT2D eigenvalue weighted by Gasteiger charge is -2.36. The zero-order valence-corrected chi connectivity index (χ0v) is 19.5. The van der Waals surface area contributed by atoms with Crippen LogP contribution in [0.1, 0.15) is 26.3 Å². The Kier molecular flexibility index (Phi) is 7.42. The van der Waals surface area contributed by atoms with E-state index in [2.05, 4.69) is 20.4 Å². The number of aryl methyl sites for hydroxylation is 1. The van der Waals surface area contributed by atoms with Crippen LogP contribution in [0.25, 0.3) is 0 Å². The fraction of sp³-hybridized carbons (Fsp3) is 0.222. The van der Waals surface area contributed by atoms with E-state index in [0.717, 1.165) is 16.9 Å². The lowest BCUT2D eigenvalue weighted by Crippen LogP contribution is -2.48. The van der Waals surface area contributed by atoms with Crippen LogP contribution in [0.15, 0.2) is 72.8 Å². The van der Waals surface area contributed by atoms with Gasteiger partial charge in [0.05, 0.1) is 17.8 Å². The van der Waals surface area contributed by atoms with Gasteiger partial charge in [0, 0.05) is 43.1 Å². The molecule has 8 heteroatoms. The average Bonchev–Trinajstić information content (AvgIpc) is 2.86. The van der Waals surface area contributed by atoms with Crippen molar-refractivity contribution in [1.82, 2.24) is 4.90 Å². The Bertz CT molecular complexity index is 1200. The lowest BCUT2D eigenvalue weighted by molar-refractivity contribution is -0.117. The fourth-order valence-electron chi connectivity index (χ4n) is 4.00. The highest BCUT2D eigenvalue weighted by molar-refractivity contribution is 6.08. The molecular formula is C27H28N4O4. The highest BCUT2D eigenvalue weighted by atomic mass is 16.4. The highest BCUT2D eigenvalue weighted by Crippen LogP contribution is 2.25. The minimum atomic E-state index is -1.11. The number of carbonyl (C=O) groups is 3. The number of nitrogens with one attached hydrogen (secondary N) is 2. The van der Waals surface area contributed by atoms with Gasteiger partial charge in [-0.15, -0.1) is 0 Å². The number of aromatic carboxylic acids is 1. The molecule has 4 rings (SSSR count). The molecule has 180 valence electrons. The van der Waals surface area contributed by atoms with Gasteiger partial charge in [0.1, 0.15) is 0 Å². The van der Waals surface area contributed by atoms with Gasteiger partial charge in [-0.25, -0.2) is 4.79 Å². The molecule has 3 aromatic carbocycles. The van der Waals surface area contributed by atoms with E-state index in [1.165, 1.54) is 0 Å². The zero-order valence-electron chi connectivity index (χ0n) is 19.5. The van der Waals surface area contributed by atoms with E-state index in [4.69, 9.17) is 0 Å². The summed E-state index contributed by atoms with van der Waals surface area (Å²) in [4.78, 5) is 40.9. The molecule has 0 aromatic heterocycles. The molecule has 1 heterocycles. The van der Waals surface area contributed by atoms with E-state index in [1.54, 1.807) is 36.4 Å². The van der Waals surface area contributed by atoms with Gasteiger partial charge in [0.15, 0.2) is 0 Å². The molecule has 1 fully saturated rings. The smallest absolute Gasteiger partial charge is 0.337 e. The second-order valence-electron chi connectivity index (χ2n) is 8.53. The number of carboxylic acid groups (broad SMARTS) is 1. The molecule has 0 spiro atoms. The number of piperazine rings is 1. The van der Waals surface area contributed by atoms with Crippen molar-refractivity contribution in [2.45, 2.75) is 6.92 Å². The van der Waals surface area contributed by atoms with Crippen molar-refractivity contribution in [3.05, 3.63) is 89.5 Å². The number of hydrogen-bond donors (Lipinski definition) is 3. The van der Waals surface area contributed by atoms with E-state index in [1.807, 2.05) is 43.3 Å². The molecule has 0 saturated carbocycles. The molecule has 0 unspecified atom stereocenters. The van der Waals surface area contributed by atoms with E-state index >= 15 is 0 Å². The summed E-state index contributed by atoms with van der Waals surface area (Å²) < 4.78 is 0. The Labute approximate surface area is 204 Å². The topological polar surface area (TPSA) is 102 Å². The first-order valence-corrected chi connectivity index (χ1v) is 11.5. The maximum absolute atomic E-state index is 12.5. The van der Waals surface area contributed by atoms with Crippen molar-refractivity contribution >= 4 is 34.8 Å². The number of amides is 2. The first kappa shape index (κ1) is 24.0. The first-order chi connectivity index (χ1) is 16.9. The third-order valence-electron chi connectivity index (χ3n) is 5.96. The van der Waals surface area contributed by atoms with Crippen molar-refractivity contribution in [2.75, 3.05) is 48.3 Å². The Morgan fingerprint density at radius 1 is 0.857 bits per heavy atom. The van der Waals surface area contributed by atoms with Crippen molar-refractivity contribution in [1.29, 1.82) is 0 Å². The normalized spacial score (nSPS) is 13.8. The third-order valence-corrected chi connectivity index (χ3v) is 5.96. The number of nitrogens with zero attached hydrogens (tertiary/aromatic N) is 2. The first-order valence-electron chi connectivity index (χ1n) is 11.5. The van der Waals surface area contributed by atoms with Crippen LogP contribution in [0.3, 0.4) is 0 Å². The monoisotopic (exact) mass is 472 g/mol. The molecule has 3 N–H and O–H groups in total. The second-order valence-corrected chi connectivity index (χ2v) is 8.53. The van der Waals surface area contributed by atoms with E-state index < -0.39 is 5.97 Å². The summed E-state index contributed by atoms with van der Waals surface area (Å²) in [6.07, 6.45) is 0. The number of rotatable bonds is 7. The standard InChI is InChI=1S/C27H28N4O4/c1-19-7-9-21(10-8-19)28-25(32)18-30-13-15-31(16-14-30)22-11-12-24(23(17-22)27(34)35)29-26(33)20-5-3-2-4-6-20/h2-12,17H,13-16,18H2,1H3,(H,28,32)(H,29,33)(H,34,35). The number of carbonyl (C=O) groups excluding carboxylic acids is 2. The Morgan fingerprint density at radius 3 is 2.20 bits per heavy atom. The molecule has 35 heavy (non-hydrogen) atoms. The van der Waals surface area contributed by atoms with Crippen LogP contribution in [-0.4, -0.2) is 60.5 Å². The van der Waals surface area contributed by atoms with Crippen molar-refractivity contribution in [3.8, 4) is 0 Å². The molecule has 1 aliphatic rings. The highest BCUT2D eigenvalue weighted by Gasteiger charge is 2.21. The van der Waals surface area contributed by atoms with Crippen molar-refractivity contribution in [2.24, 2.45) is 0 Å². The summed E-state index contributed by atoms with van der Waals surface area (Å²) in [6.45, 7) is 4.97. The van der Waals surface area contributed by atoms with Crippen LogP contribution >= 0.6 is 0 Å². The Hall–Kier alpha value is -4.17. The summed E-state index contributed by atoms with van der Waals surface area (Å²) in [7, 11) is 0. The molecule has 0 atom stereocenters. The van der Waals surface area contributed by atoms with Gasteiger partial charge in [0.2, 0.25) is 5.91 Å². The molecule has 0 bridgehead atoms. The SMILES string of the molecule is Cc1ccc(NC(=O)CN2CCN(c3ccc(NC(=O)c4ccccc4)c(C(=O)O)c3)CC2)cc1. The molecule has 3 aromatic rings. The zero-order chi connectivity index (χ0) is 24.8. The summed E-state index contributed by atoms with van der Waals surface area (Å²) in [5.74, 6) is -1.53. The largest absolute Gasteiger partial charge is 0.478 e. The second kappa shape index (κ2) is 10.8. The fourth-order valence-corrected chi connectivity index (χ4v) is 4.00. The van der Waals surface area contributed by atoms with Gasteiger partial charge in [-0.05, 0) is 49.4 Å². The molecule has 2 amide bonds. The van der Waals surface area contributed by atoms with Crippen LogP contribution < -0.4 is 15.5 Å². The molecule has 1 aliphatic heterocycles. The maximum Gasteiger partial charge on any atom is 0.337 e. The van der Waals surface area contributed by atoms with E-state index in [9.17, 15) is 19.5 Å². The van der Waals surface area contributed by atoms with Gasteiger partial charge in [-0.3, -0.25) is 14.5 Å². The summed E-state index contributed by atoms with van der Waals surface area (Å²) in [6, 6.07) is 21.4. The Balaban J connectivity index is 1.35. The lowest BCUT2D eigenvalue weighted by atomic mass is 10.1. The van der Waals surface area contributed by atoms with Gasteiger partial charge < -0.3 is 20.6 Å². The Morgan fingerprint density at radius 2 is 1.54 bits per heavy atom. The molecule has 1 saturated heterocycles. The summed E-state index contributed by atoms with van der Waals surface area (Å²) in [5.41, 5.74) is 3.42. The average molecular weight is 473 g/mol. The van der Waals surface area contributed by atoms with E-state index in [0.29, 0.717) is 38.3 Å². The number of anilines is 3. The molecule has 0 radical (unpaired) electrons. The maximum atomic E-state index is 12.5. The third kappa shape index (κ3) is 6.24.